The van der Waals surface area contributed by atoms with Gasteiger partial charge in [-0.1, -0.05) is 0 Å². The van der Waals surface area contributed by atoms with E-state index in [0.717, 1.165) is 5.82 Å². The normalized spacial score (nSPS) is 11.9. The van der Waals surface area contributed by atoms with Crippen LogP contribution in [-0.4, -0.2) is 21.8 Å². The highest BCUT2D eigenvalue weighted by Gasteiger charge is 2.23. The van der Waals surface area contributed by atoms with E-state index in [1.54, 1.807) is 0 Å². The third kappa shape index (κ3) is 1.92. The summed E-state index contributed by atoms with van der Waals surface area (Å²) in [5.41, 5.74) is -0.400. The SMILES string of the molecule is CCOC(C)(C)c1nc(=S)[nH][nH]1. The van der Waals surface area contributed by atoms with Gasteiger partial charge in [-0.2, -0.15) is 0 Å². The monoisotopic (exact) mass is 187 g/mol. The number of nitrogens with zero attached hydrogens (tertiary/aromatic N) is 1. The van der Waals surface area contributed by atoms with Crippen LogP contribution in [0.5, 0.6) is 0 Å². The molecule has 1 aromatic heterocycles. The fraction of sp³-hybridized carbons (Fsp3) is 0.714. The van der Waals surface area contributed by atoms with Gasteiger partial charge in [0.1, 0.15) is 5.60 Å². The quantitative estimate of drug-likeness (QED) is 0.709. The van der Waals surface area contributed by atoms with Crippen molar-refractivity contribution in [3.63, 3.8) is 0 Å². The van der Waals surface area contributed by atoms with Crippen LogP contribution < -0.4 is 0 Å². The van der Waals surface area contributed by atoms with Crippen molar-refractivity contribution < 1.29 is 4.74 Å². The van der Waals surface area contributed by atoms with E-state index in [9.17, 15) is 0 Å². The first kappa shape index (κ1) is 9.41. The summed E-state index contributed by atoms with van der Waals surface area (Å²) >= 11 is 4.83. The Bertz CT molecular complexity index is 302. The molecule has 0 fully saturated rings. The maximum Gasteiger partial charge on any atom is 0.213 e. The number of ether oxygens (including phenoxy) is 1. The smallest absolute Gasteiger partial charge is 0.213 e. The summed E-state index contributed by atoms with van der Waals surface area (Å²) in [4.78, 5) is 4.08. The van der Waals surface area contributed by atoms with Crippen LogP contribution in [0.15, 0.2) is 0 Å². The van der Waals surface area contributed by atoms with E-state index in [2.05, 4.69) is 15.2 Å². The molecule has 0 atom stereocenters. The first-order valence-electron chi connectivity index (χ1n) is 3.85. The van der Waals surface area contributed by atoms with Gasteiger partial charge >= 0.3 is 0 Å². The molecule has 1 heterocycles. The molecule has 0 amide bonds. The number of hydrogen-bond donors (Lipinski definition) is 2. The second kappa shape index (κ2) is 3.37. The zero-order valence-electron chi connectivity index (χ0n) is 7.47. The molecule has 0 spiro atoms. The lowest BCUT2D eigenvalue weighted by atomic mass is 10.1. The fourth-order valence-electron chi connectivity index (χ4n) is 0.984. The summed E-state index contributed by atoms with van der Waals surface area (Å²) in [5, 5.41) is 5.60. The van der Waals surface area contributed by atoms with E-state index in [0.29, 0.717) is 11.4 Å². The van der Waals surface area contributed by atoms with Gasteiger partial charge in [-0.15, -0.1) is 0 Å². The summed E-state index contributed by atoms with van der Waals surface area (Å²) in [6.45, 7) is 6.49. The molecule has 0 aliphatic rings. The van der Waals surface area contributed by atoms with Crippen LogP contribution >= 0.6 is 12.2 Å². The zero-order chi connectivity index (χ0) is 9.19. The summed E-state index contributed by atoms with van der Waals surface area (Å²) in [5.74, 6) is 0.731. The standard InChI is InChI=1S/C7H13N3OS/c1-4-11-7(2,3)5-8-6(12)10-9-5/h4H2,1-3H3,(H2,8,9,10,12). The van der Waals surface area contributed by atoms with Gasteiger partial charge in [-0.25, -0.2) is 4.98 Å². The Kier molecular flexibility index (Phi) is 2.64. The zero-order valence-corrected chi connectivity index (χ0v) is 8.29. The molecule has 0 radical (unpaired) electrons. The Morgan fingerprint density at radius 2 is 2.17 bits per heavy atom. The Morgan fingerprint density at radius 3 is 2.58 bits per heavy atom. The lowest BCUT2D eigenvalue weighted by Gasteiger charge is -2.21. The topological polar surface area (TPSA) is 53.7 Å². The van der Waals surface area contributed by atoms with Gasteiger partial charge in [0.05, 0.1) is 0 Å². The van der Waals surface area contributed by atoms with Crippen molar-refractivity contribution in [3.8, 4) is 0 Å². The summed E-state index contributed by atoms with van der Waals surface area (Å²) in [7, 11) is 0. The highest BCUT2D eigenvalue weighted by molar-refractivity contribution is 7.71. The minimum Gasteiger partial charge on any atom is -0.368 e. The summed E-state index contributed by atoms with van der Waals surface area (Å²) in [6, 6.07) is 0. The fourth-order valence-corrected chi connectivity index (χ4v) is 1.13. The predicted octanol–water partition coefficient (Wildman–Crippen LogP) is 1.74. The van der Waals surface area contributed by atoms with Crippen molar-refractivity contribution in [2.75, 3.05) is 6.61 Å². The Balaban J connectivity index is 2.88. The Hall–Kier alpha value is -0.680. The maximum absolute atomic E-state index is 5.47. The lowest BCUT2D eigenvalue weighted by Crippen LogP contribution is -2.23. The van der Waals surface area contributed by atoms with Crippen LogP contribution in [0, 0.1) is 4.77 Å². The highest BCUT2D eigenvalue weighted by Crippen LogP contribution is 2.19. The molecule has 12 heavy (non-hydrogen) atoms. The number of H-pyrrole nitrogens is 2. The molecule has 0 aromatic carbocycles. The Morgan fingerprint density at radius 1 is 1.50 bits per heavy atom. The minimum atomic E-state index is -0.400. The molecule has 5 heteroatoms. The molecular weight excluding hydrogens is 174 g/mol. The van der Waals surface area contributed by atoms with Crippen LogP contribution in [0.3, 0.4) is 0 Å². The first-order valence-corrected chi connectivity index (χ1v) is 4.26. The van der Waals surface area contributed by atoms with Crippen LogP contribution in [0.25, 0.3) is 0 Å². The molecule has 0 saturated heterocycles. The van der Waals surface area contributed by atoms with Gasteiger partial charge in [0.2, 0.25) is 4.77 Å². The van der Waals surface area contributed by atoms with E-state index in [4.69, 9.17) is 17.0 Å². The van der Waals surface area contributed by atoms with Crippen molar-refractivity contribution in [1.82, 2.24) is 15.2 Å². The number of nitrogens with one attached hydrogen (secondary N) is 2. The van der Waals surface area contributed by atoms with Crippen molar-refractivity contribution in [2.24, 2.45) is 0 Å². The number of aromatic nitrogens is 3. The van der Waals surface area contributed by atoms with E-state index < -0.39 is 5.60 Å². The van der Waals surface area contributed by atoms with Gasteiger partial charge in [-0.05, 0) is 33.0 Å². The molecule has 0 bridgehead atoms. The molecule has 4 nitrogen and oxygen atoms in total. The van der Waals surface area contributed by atoms with Crippen molar-refractivity contribution in [1.29, 1.82) is 0 Å². The first-order chi connectivity index (χ1) is 5.56. The van der Waals surface area contributed by atoms with Gasteiger partial charge in [-0.3, -0.25) is 10.2 Å². The number of rotatable bonds is 3. The van der Waals surface area contributed by atoms with Gasteiger partial charge in [0, 0.05) is 6.61 Å². The second-order valence-corrected chi connectivity index (χ2v) is 3.35. The number of hydrogen-bond acceptors (Lipinski definition) is 3. The third-order valence-electron chi connectivity index (χ3n) is 1.58. The van der Waals surface area contributed by atoms with Gasteiger partial charge in [0.15, 0.2) is 5.82 Å². The van der Waals surface area contributed by atoms with Crippen molar-refractivity contribution >= 4 is 12.2 Å². The molecule has 2 N–H and O–H groups in total. The largest absolute Gasteiger partial charge is 0.368 e. The molecule has 68 valence electrons. The average Bonchev–Trinajstić information content (AvgIpc) is 2.36. The average molecular weight is 187 g/mol. The molecule has 1 rings (SSSR count). The molecule has 0 saturated carbocycles. The molecule has 0 aliphatic carbocycles. The molecule has 0 aliphatic heterocycles. The molecule has 0 unspecified atom stereocenters. The van der Waals surface area contributed by atoms with E-state index in [1.165, 1.54) is 0 Å². The Labute approximate surface area is 76.3 Å². The molecular formula is C7H13N3OS. The van der Waals surface area contributed by atoms with Gasteiger partial charge < -0.3 is 4.74 Å². The summed E-state index contributed by atoms with van der Waals surface area (Å²) in [6.07, 6.45) is 0. The van der Waals surface area contributed by atoms with Crippen LogP contribution in [-0.2, 0) is 10.3 Å². The number of aromatic amines is 2. The minimum absolute atomic E-state index is 0.400. The highest BCUT2D eigenvalue weighted by atomic mass is 32.1. The third-order valence-corrected chi connectivity index (χ3v) is 1.77. The van der Waals surface area contributed by atoms with Crippen LogP contribution in [0.2, 0.25) is 0 Å². The molecule has 1 aromatic rings. The van der Waals surface area contributed by atoms with Crippen molar-refractivity contribution in [3.05, 3.63) is 10.6 Å². The predicted molar refractivity (Wildman–Crippen MR) is 48.4 cm³/mol. The maximum atomic E-state index is 5.47. The summed E-state index contributed by atoms with van der Waals surface area (Å²) < 4.78 is 5.92. The van der Waals surface area contributed by atoms with Crippen molar-refractivity contribution in [2.45, 2.75) is 26.4 Å². The van der Waals surface area contributed by atoms with Crippen LogP contribution in [0.4, 0.5) is 0 Å². The van der Waals surface area contributed by atoms with E-state index in [-0.39, 0.29) is 0 Å². The van der Waals surface area contributed by atoms with Gasteiger partial charge in [0.25, 0.3) is 0 Å². The van der Waals surface area contributed by atoms with E-state index in [1.807, 2.05) is 20.8 Å². The lowest BCUT2D eigenvalue weighted by molar-refractivity contribution is -0.0205. The van der Waals surface area contributed by atoms with Crippen LogP contribution in [0.1, 0.15) is 26.6 Å². The second-order valence-electron chi connectivity index (χ2n) is 2.96. The van der Waals surface area contributed by atoms with E-state index >= 15 is 0 Å².